The van der Waals surface area contributed by atoms with Crippen LogP contribution in [-0.2, 0) is 20.9 Å². The number of aromatic nitrogens is 1. The molecule has 4 bridgehead atoms. The van der Waals surface area contributed by atoms with E-state index < -0.39 is 5.97 Å². The minimum atomic E-state index is -0.533. The van der Waals surface area contributed by atoms with Crippen LogP contribution in [0.5, 0.6) is 0 Å². The van der Waals surface area contributed by atoms with Crippen molar-refractivity contribution in [2.45, 2.75) is 50.6 Å². The molecule has 6 heteroatoms. The summed E-state index contributed by atoms with van der Waals surface area (Å²) in [4.78, 5) is 32.4. The van der Waals surface area contributed by atoms with Gasteiger partial charge in [-0.05, 0) is 80.6 Å². The lowest BCUT2D eigenvalue weighted by Crippen LogP contribution is -2.61. The number of amides is 1. The molecule has 1 aromatic carbocycles. The number of rotatable bonds is 7. The number of hydrogen-bond donors (Lipinski definition) is 0. The second-order valence-electron chi connectivity index (χ2n) is 10.6. The fraction of sp³-hybridized carbons (Fsp3) is 0.414. The number of fused-ring (bicyclic) bond motifs is 1. The third kappa shape index (κ3) is 4.38. The predicted octanol–water partition coefficient (Wildman–Crippen LogP) is 5.38. The summed E-state index contributed by atoms with van der Waals surface area (Å²) >= 11 is 0. The zero-order valence-corrected chi connectivity index (χ0v) is 19.8. The van der Waals surface area contributed by atoms with Crippen molar-refractivity contribution in [2.75, 3.05) is 6.61 Å². The molecule has 7 rings (SSSR count). The van der Waals surface area contributed by atoms with Crippen molar-refractivity contribution in [3.05, 3.63) is 72.3 Å². The molecule has 4 aliphatic carbocycles. The quantitative estimate of drug-likeness (QED) is 0.342. The van der Waals surface area contributed by atoms with Gasteiger partial charge >= 0.3 is 5.97 Å². The third-order valence-electron chi connectivity index (χ3n) is 8.17. The lowest BCUT2D eigenvalue weighted by molar-refractivity contribution is -0.162. The highest BCUT2D eigenvalue weighted by atomic mass is 16.5. The number of hydrogen-bond acceptors (Lipinski definition) is 5. The molecule has 1 amide bonds. The number of nitrogens with zero attached hydrogens (tertiary/aromatic N) is 2. The SMILES string of the molecule is O=C(/C=C/c1cccc2cccnc12)OCC(=O)N(Cc1ccco1)C12CC3CC(CC(C3)C1)C2. The summed E-state index contributed by atoms with van der Waals surface area (Å²) < 4.78 is 11.0. The van der Waals surface area contributed by atoms with Gasteiger partial charge in [0.05, 0.1) is 18.3 Å². The Morgan fingerprint density at radius 1 is 1.03 bits per heavy atom. The van der Waals surface area contributed by atoms with E-state index in [1.54, 1.807) is 18.5 Å². The number of furan rings is 1. The standard InChI is InChI=1S/C29H30N2O4/c32-26(19-35-27(33)9-8-24-5-1-4-23-6-2-10-30-28(23)24)31(18-25-7-3-11-34-25)29-15-20-12-21(16-29)14-22(13-20)17-29/h1-11,20-22H,12-19H2/b9-8+. The van der Waals surface area contributed by atoms with E-state index in [9.17, 15) is 9.59 Å². The first kappa shape index (κ1) is 22.1. The van der Waals surface area contributed by atoms with Gasteiger partial charge in [0.2, 0.25) is 0 Å². The number of benzene rings is 1. The maximum absolute atomic E-state index is 13.5. The van der Waals surface area contributed by atoms with Crippen molar-refractivity contribution in [1.29, 1.82) is 0 Å². The molecule has 0 aliphatic heterocycles. The summed E-state index contributed by atoms with van der Waals surface area (Å²) in [5.41, 5.74) is 1.51. The Kier molecular flexibility index (Phi) is 5.67. The fourth-order valence-electron chi connectivity index (χ4n) is 7.15. The highest BCUT2D eigenvalue weighted by Gasteiger charge is 2.54. The monoisotopic (exact) mass is 470 g/mol. The van der Waals surface area contributed by atoms with Gasteiger partial charge in [-0.25, -0.2) is 4.79 Å². The maximum Gasteiger partial charge on any atom is 0.331 e. The van der Waals surface area contributed by atoms with Crippen LogP contribution in [0.25, 0.3) is 17.0 Å². The van der Waals surface area contributed by atoms with Crippen molar-refractivity contribution >= 4 is 28.9 Å². The van der Waals surface area contributed by atoms with Crippen molar-refractivity contribution in [3.63, 3.8) is 0 Å². The van der Waals surface area contributed by atoms with Crippen LogP contribution in [0, 0.1) is 17.8 Å². The molecule has 35 heavy (non-hydrogen) atoms. The summed E-state index contributed by atoms with van der Waals surface area (Å²) in [6.45, 7) is 0.159. The van der Waals surface area contributed by atoms with Gasteiger partial charge in [-0.3, -0.25) is 9.78 Å². The van der Waals surface area contributed by atoms with Crippen molar-refractivity contribution < 1.29 is 18.7 Å². The first-order valence-corrected chi connectivity index (χ1v) is 12.6. The molecule has 6 nitrogen and oxygen atoms in total. The molecule has 4 fully saturated rings. The molecule has 4 saturated carbocycles. The van der Waals surface area contributed by atoms with Crippen LogP contribution < -0.4 is 0 Å². The number of carbonyl (C=O) groups excluding carboxylic acids is 2. The number of pyridine rings is 1. The van der Waals surface area contributed by atoms with Gasteiger partial charge < -0.3 is 14.1 Å². The molecular weight excluding hydrogens is 440 g/mol. The van der Waals surface area contributed by atoms with Crippen LogP contribution in [0.1, 0.15) is 49.8 Å². The van der Waals surface area contributed by atoms with Gasteiger partial charge in [0.25, 0.3) is 5.91 Å². The van der Waals surface area contributed by atoms with E-state index in [-0.39, 0.29) is 18.1 Å². The summed E-state index contributed by atoms with van der Waals surface area (Å²) in [6.07, 6.45) is 13.5. The van der Waals surface area contributed by atoms with E-state index in [0.717, 1.165) is 41.5 Å². The second-order valence-corrected chi connectivity index (χ2v) is 10.6. The van der Waals surface area contributed by atoms with E-state index >= 15 is 0 Å². The molecule has 0 unspecified atom stereocenters. The van der Waals surface area contributed by atoms with E-state index in [0.29, 0.717) is 24.3 Å². The van der Waals surface area contributed by atoms with Crippen LogP contribution in [-0.4, -0.2) is 33.9 Å². The summed E-state index contributed by atoms with van der Waals surface area (Å²) in [5.74, 6) is 2.20. The highest BCUT2D eigenvalue weighted by molar-refractivity contribution is 5.93. The zero-order valence-electron chi connectivity index (χ0n) is 19.8. The number of ether oxygens (including phenoxy) is 1. The van der Waals surface area contributed by atoms with Crippen molar-refractivity contribution in [1.82, 2.24) is 9.88 Å². The average Bonchev–Trinajstić information content (AvgIpc) is 3.37. The topological polar surface area (TPSA) is 72.6 Å². The van der Waals surface area contributed by atoms with Gasteiger partial charge in [-0.2, -0.15) is 0 Å². The van der Waals surface area contributed by atoms with Crippen LogP contribution in [0.15, 0.2) is 65.4 Å². The second kappa shape index (κ2) is 8.99. The normalized spacial score (nSPS) is 26.9. The predicted molar refractivity (Wildman–Crippen MR) is 132 cm³/mol. The van der Waals surface area contributed by atoms with E-state index in [2.05, 4.69) is 4.98 Å². The van der Waals surface area contributed by atoms with Crippen LogP contribution in [0.4, 0.5) is 0 Å². The molecule has 0 N–H and O–H groups in total. The summed E-state index contributed by atoms with van der Waals surface area (Å²) in [7, 11) is 0. The number of esters is 1. The van der Waals surface area contributed by atoms with Gasteiger partial charge in [-0.1, -0.05) is 24.3 Å². The Labute approximate surface area is 205 Å². The largest absolute Gasteiger partial charge is 0.467 e. The summed E-state index contributed by atoms with van der Waals surface area (Å²) in [5, 5.41) is 1.00. The Balaban J connectivity index is 1.16. The van der Waals surface area contributed by atoms with E-state index in [1.807, 2.05) is 47.4 Å². The van der Waals surface area contributed by atoms with E-state index in [4.69, 9.17) is 9.15 Å². The Bertz CT molecular complexity index is 1220. The molecule has 0 atom stereocenters. The number of para-hydroxylation sites is 1. The maximum atomic E-state index is 13.5. The van der Waals surface area contributed by atoms with Crippen LogP contribution in [0.3, 0.4) is 0 Å². The third-order valence-corrected chi connectivity index (χ3v) is 8.17. The lowest BCUT2D eigenvalue weighted by Gasteiger charge is -2.60. The summed E-state index contributed by atoms with van der Waals surface area (Å²) in [6, 6.07) is 13.4. The molecule has 0 spiro atoms. The van der Waals surface area contributed by atoms with Gasteiger partial charge in [0.1, 0.15) is 5.76 Å². The first-order valence-electron chi connectivity index (χ1n) is 12.6. The Hall–Kier alpha value is -3.41. The van der Waals surface area contributed by atoms with Crippen molar-refractivity contribution in [3.8, 4) is 0 Å². The van der Waals surface area contributed by atoms with Crippen LogP contribution in [0.2, 0.25) is 0 Å². The van der Waals surface area contributed by atoms with Gasteiger partial charge in [0, 0.05) is 28.8 Å². The fourth-order valence-corrected chi connectivity index (χ4v) is 7.15. The minimum absolute atomic E-state index is 0.142. The molecule has 0 saturated heterocycles. The number of carbonyl (C=O) groups is 2. The van der Waals surface area contributed by atoms with Gasteiger partial charge in [0.15, 0.2) is 6.61 Å². The average molecular weight is 471 g/mol. The Morgan fingerprint density at radius 2 is 1.77 bits per heavy atom. The zero-order chi connectivity index (χ0) is 23.8. The molecule has 3 aromatic rings. The molecule has 180 valence electrons. The first-order chi connectivity index (χ1) is 17.1. The minimum Gasteiger partial charge on any atom is -0.467 e. The molecular formula is C29H30N2O4. The van der Waals surface area contributed by atoms with Crippen LogP contribution >= 0.6 is 0 Å². The highest BCUT2D eigenvalue weighted by Crippen LogP contribution is 2.58. The van der Waals surface area contributed by atoms with Gasteiger partial charge in [-0.15, -0.1) is 0 Å². The van der Waals surface area contributed by atoms with Crippen molar-refractivity contribution in [2.24, 2.45) is 17.8 Å². The molecule has 4 aliphatic rings. The Morgan fingerprint density at radius 3 is 2.49 bits per heavy atom. The lowest BCUT2D eigenvalue weighted by atomic mass is 9.52. The van der Waals surface area contributed by atoms with E-state index in [1.165, 1.54) is 25.3 Å². The molecule has 2 heterocycles. The molecule has 2 aromatic heterocycles. The molecule has 0 radical (unpaired) electrons. The smallest absolute Gasteiger partial charge is 0.331 e.